The first kappa shape index (κ1) is 22.0. The van der Waals surface area contributed by atoms with Gasteiger partial charge in [0, 0.05) is 38.3 Å². The van der Waals surface area contributed by atoms with Gasteiger partial charge in [0.05, 0.1) is 10.7 Å². The van der Waals surface area contributed by atoms with E-state index in [1.165, 1.54) is 0 Å². The van der Waals surface area contributed by atoms with Crippen LogP contribution in [-0.4, -0.2) is 49.5 Å². The molecule has 1 N–H and O–H groups in total. The molecule has 1 heterocycles. The van der Waals surface area contributed by atoms with Crippen LogP contribution < -0.4 is 15.0 Å². The highest BCUT2D eigenvalue weighted by Gasteiger charge is 2.22. The molecular formula is C23H28ClN3O3. The SMILES string of the molecule is CCCC(=O)N1CCN(c2ccc(NC(=O)COc3ccccc3C)cc2Cl)CC1. The van der Waals surface area contributed by atoms with E-state index in [4.69, 9.17) is 16.3 Å². The minimum absolute atomic E-state index is 0.0715. The van der Waals surface area contributed by atoms with Gasteiger partial charge in [0.1, 0.15) is 5.75 Å². The summed E-state index contributed by atoms with van der Waals surface area (Å²) < 4.78 is 5.58. The molecule has 1 aliphatic heterocycles. The van der Waals surface area contributed by atoms with Crippen LogP contribution in [0.4, 0.5) is 11.4 Å². The van der Waals surface area contributed by atoms with E-state index in [1.54, 1.807) is 6.07 Å². The number of carbonyl (C=O) groups excluding carboxylic acids is 2. The molecule has 6 nitrogen and oxygen atoms in total. The van der Waals surface area contributed by atoms with E-state index in [9.17, 15) is 9.59 Å². The van der Waals surface area contributed by atoms with Crippen molar-refractivity contribution in [1.29, 1.82) is 0 Å². The molecule has 0 unspecified atom stereocenters. The maximum Gasteiger partial charge on any atom is 0.262 e. The van der Waals surface area contributed by atoms with Crippen molar-refractivity contribution in [3.8, 4) is 5.75 Å². The summed E-state index contributed by atoms with van der Waals surface area (Å²) in [5.41, 5.74) is 2.52. The second-order valence-electron chi connectivity index (χ2n) is 7.39. The normalized spacial score (nSPS) is 13.8. The highest BCUT2D eigenvalue weighted by molar-refractivity contribution is 6.33. The predicted octanol–water partition coefficient (Wildman–Crippen LogP) is 4.11. The average Bonchev–Trinajstić information content (AvgIpc) is 2.74. The van der Waals surface area contributed by atoms with Crippen LogP contribution in [0.3, 0.4) is 0 Å². The van der Waals surface area contributed by atoms with E-state index in [0.29, 0.717) is 36.0 Å². The van der Waals surface area contributed by atoms with Gasteiger partial charge in [-0.1, -0.05) is 36.7 Å². The predicted molar refractivity (Wildman–Crippen MR) is 120 cm³/mol. The molecule has 0 saturated carbocycles. The first-order valence-corrected chi connectivity index (χ1v) is 10.7. The number of nitrogens with one attached hydrogen (secondary N) is 1. The van der Waals surface area contributed by atoms with Crippen LogP contribution in [0.15, 0.2) is 42.5 Å². The molecule has 160 valence electrons. The molecule has 0 spiro atoms. The number of amides is 2. The van der Waals surface area contributed by atoms with Crippen molar-refractivity contribution in [2.75, 3.05) is 43.0 Å². The van der Waals surface area contributed by atoms with Crippen LogP contribution in [-0.2, 0) is 9.59 Å². The van der Waals surface area contributed by atoms with Gasteiger partial charge >= 0.3 is 0 Å². The third-order valence-electron chi connectivity index (χ3n) is 5.12. The van der Waals surface area contributed by atoms with Crippen molar-refractivity contribution in [3.63, 3.8) is 0 Å². The van der Waals surface area contributed by atoms with Crippen molar-refractivity contribution >= 4 is 34.8 Å². The van der Waals surface area contributed by atoms with Crippen LogP contribution in [0.25, 0.3) is 0 Å². The zero-order chi connectivity index (χ0) is 21.5. The van der Waals surface area contributed by atoms with Gasteiger partial charge in [0.15, 0.2) is 6.61 Å². The molecule has 1 fully saturated rings. The lowest BCUT2D eigenvalue weighted by atomic mass is 10.2. The van der Waals surface area contributed by atoms with E-state index < -0.39 is 0 Å². The summed E-state index contributed by atoms with van der Waals surface area (Å²) in [5, 5.41) is 3.39. The first-order valence-electron chi connectivity index (χ1n) is 10.3. The monoisotopic (exact) mass is 429 g/mol. The van der Waals surface area contributed by atoms with Crippen molar-refractivity contribution in [2.45, 2.75) is 26.7 Å². The molecule has 2 amide bonds. The standard InChI is InChI=1S/C23H28ClN3O3/c1-3-6-23(29)27-13-11-26(12-14-27)20-10-9-18(15-19(20)24)25-22(28)16-30-21-8-5-4-7-17(21)2/h4-5,7-10,15H,3,6,11-14,16H2,1-2H3,(H,25,28). The maximum atomic E-state index is 12.2. The number of aryl methyl sites for hydroxylation is 1. The second kappa shape index (κ2) is 10.3. The van der Waals surface area contributed by atoms with Gasteiger partial charge in [-0.25, -0.2) is 0 Å². The zero-order valence-corrected chi connectivity index (χ0v) is 18.2. The van der Waals surface area contributed by atoms with Crippen LogP contribution in [0.1, 0.15) is 25.3 Å². The van der Waals surface area contributed by atoms with Crippen molar-refractivity contribution in [2.24, 2.45) is 0 Å². The topological polar surface area (TPSA) is 61.9 Å². The molecule has 0 bridgehead atoms. The van der Waals surface area contributed by atoms with E-state index in [-0.39, 0.29) is 18.4 Å². The van der Waals surface area contributed by atoms with E-state index >= 15 is 0 Å². The molecule has 0 aromatic heterocycles. The van der Waals surface area contributed by atoms with Crippen molar-refractivity contribution < 1.29 is 14.3 Å². The van der Waals surface area contributed by atoms with Crippen molar-refractivity contribution in [1.82, 2.24) is 4.90 Å². The lowest BCUT2D eigenvalue weighted by Gasteiger charge is -2.36. The van der Waals surface area contributed by atoms with Gasteiger partial charge < -0.3 is 19.9 Å². The zero-order valence-electron chi connectivity index (χ0n) is 17.5. The van der Waals surface area contributed by atoms with E-state index in [1.807, 2.05) is 55.1 Å². The van der Waals surface area contributed by atoms with Crippen LogP contribution in [0.2, 0.25) is 5.02 Å². The summed E-state index contributed by atoms with van der Waals surface area (Å²) >= 11 is 6.48. The number of carbonyl (C=O) groups is 2. The number of hydrogen-bond acceptors (Lipinski definition) is 4. The molecule has 1 aliphatic rings. The number of nitrogens with zero attached hydrogens (tertiary/aromatic N) is 2. The lowest BCUT2D eigenvalue weighted by molar-refractivity contribution is -0.131. The Morgan fingerprint density at radius 2 is 1.83 bits per heavy atom. The number of ether oxygens (including phenoxy) is 1. The van der Waals surface area contributed by atoms with Crippen LogP contribution in [0, 0.1) is 6.92 Å². The Bertz CT molecular complexity index is 895. The van der Waals surface area contributed by atoms with Crippen LogP contribution >= 0.6 is 11.6 Å². The molecule has 0 aliphatic carbocycles. The number of para-hydroxylation sites is 1. The Kier molecular flexibility index (Phi) is 7.57. The first-order chi connectivity index (χ1) is 14.5. The summed E-state index contributed by atoms with van der Waals surface area (Å²) in [7, 11) is 0. The largest absolute Gasteiger partial charge is 0.483 e. The molecule has 1 saturated heterocycles. The summed E-state index contributed by atoms with van der Waals surface area (Å²) in [5.74, 6) is 0.664. The molecule has 30 heavy (non-hydrogen) atoms. The van der Waals surface area contributed by atoms with Gasteiger partial charge in [-0.2, -0.15) is 0 Å². The molecule has 0 atom stereocenters. The Labute approximate surface area is 182 Å². The third kappa shape index (κ3) is 5.66. The Balaban J connectivity index is 1.53. The Morgan fingerprint density at radius 1 is 1.10 bits per heavy atom. The number of piperazine rings is 1. The molecular weight excluding hydrogens is 402 g/mol. The summed E-state index contributed by atoms with van der Waals surface area (Å²) in [6.45, 7) is 6.76. The number of rotatable bonds is 7. The molecule has 2 aromatic carbocycles. The molecule has 0 radical (unpaired) electrons. The fraction of sp³-hybridized carbons (Fsp3) is 0.391. The van der Waals surface area contributed by atoms with E-state index in [0.717, 1.165) is 30.8 Å². The summed E-state index contributed by atoms with van der Waals surface area (Å²) in [4.78, 5) is 28.4. The quantitative estimate of drug-likeness (QED) is 0.719. The number of hydrogen-bond donors (Lipinski definition) is 1. The lowest BCUT2D eigenvalue weighted by Crippen LogP contribution is -2.48. The smallest absolute Gasteiger partial charge is 0.262 e. The van der Waals surface area contributed by atoms with Crippen LogP contribution in [0.5, 0.6) is 5.75 Å². The average molecular weight is 430 g/mol. The second-order valence-corrected chi connectivity index (χ2v) is 7.79. The molecule has 3 rings (SSSR count). The van der Waals surface area contributed by atoms with E-state index in [2.05, 4.69) is 10.2 Å². The molecule has 7 heteroatoms. The number of benzene rings is 2. The Morgan fingerprint density at radius 3 is 2.50 bits per heavy atom. The van der Waals surface area contributed by atoms with Crippen molar-refractivity contribution in [3.05, 3.63) is 53.1 Å². The number of anilines is 2. The summed E-state index contributed by atoms with van der Waals surface area (Å²) in [6.07, 6.45) is 1.47. The van der Waals surface area contributed by atoms with Gasteiger partial charge in [-0.3, -0.25) is 9.59 Å². The van der Waals surface area contributed by atoms with Gasteiger partial charge in [-0.15, -0.1) is 0 Å². The van der Waals surface area contributed by atoms with Gasteiger partial charge in [0.25, 0.3) is 5.91 Å². The highest BCUT2D eigenvalue weighted by Crippen LogP contribution is 2.30. The van der Waals surface area contributed by atoms with Gasteiger partial charge in [0.2, 0.25) is 5.91 Å². The third-order valence-corrected chi connectivity index (χ3v) is 5.42. The summed E-state index contributed by atoms with van der Waals surface area (Å²) in [6, 6.07) is 13.1. The molecule has 2 aromatic rings. The highest BCUT2D eigenvalue weighted by atomic mass is 35.5. The minimum atomic E-state index is -0.245. The number of halogens is 1. The van der Waals surface area contributed by atoms with Gasteiger partial charge in [-0.05, 0) is 43.2 Å². The Hall–Kier alpha value is -2.73. The fourth-order valence-electron chi connectivity index (χ4n) is 3.47. The minimum Gasteiger partial charge on any atom is -0.483 e. The fourth-order valence-corrected chi connectivity index (χ4v) is 3.77. The maximum absolute atomic E-state index is 12.2.